The molecule has 110 valence electrons. The van der Waals surface area contributed by atoms with E-state index in [-0.39, 0.29) is 23.4 Å². The van der Waals surface area contributed by atoms with Crippen LogP contribution in [0.1, 0.15) is 52.4 Å². The van der Waals surface area contributed by atoms with Crippen LogP contribution in [-0.2, 0) is 4.79 Å². The van der Waals surface area contributed by atoms with E-state index in [0.717, 1.165) is 37.0 Å². The third kappa shape index (κ3) is 2.92. The van der Waals surface area contributed by atoms with E-state index in [2.05, 4.69) is 5.32 Å². The molecule has 4 saturated carbocycles. The quantitative estimate of drug-likeness (QED) is 0.837. The van der Waals surface area contributed by atoms with Crippen molar-refractivity contribution in [2.75, 3.05) is 6.54 Å². The molecule has 0 atom stereocenters. The number of rotatable bonds is 3. The smallest absolute Gasteiger partial charge is 0.226 e. The van der Waals surface area contributed by atoms with Crippen molar-refractivity contribution in [2.24, 2.45) is 28.9 Å². The van der Waals surface area contributed by atoms with Crippen molar-refractivity contribution in [1.82, 2.24) is 5.32 Å². The molecule has 0 unspecified atom stereocenters. The van der Waals surface area contributed by atoms with Crippen molar-refractivity contribution in [3.8, 4) is 0 Å². The van der Waals surface area contributed by atoms with Gasteiger partial charge >= 0.3 is 0 Å². The normalized spacial score (nSPS) is 39.8. The molecular formula is C15H27ClN2O. The van der Waals surface area contributed by atoms with Crippen LogP contribution in [0, 0.1) is 23.2 Å². The summed E-state index contributed by atoms with van der Waals surface area (Å²) in [5.74, 6) is 2.77. The molecule has 0 aromatic carbocycles. The van der Waals surface area contributed by atoms with Crippen LogP contribution in [0.15, 0.2) is 0 Å². The summed E-state index contributed by atoms with van der Waals surface area (Å²) in [6.45, 7) is 4.52. The maximum absolute atomic E-state index is 12.6. The molecule has 3 nitrogen and oxygen atoms in total. The van der Waals surface area contributed by atoms with Crippen LogP contribution in [0.4, 0.5) is 0 Å². The molecule has 0 spiro atoms. The zero-order valence-corrected chi connectivity index (χ0v) is 12.9. The van der Waals surface area contributed by atoms with Crippen LogP contribution in [0.2, 0.25) is 0 Å². The fourth-order valence-electron chi connectivity index (χ4n) is 4.88. The molecule has 0 aliphatic heterocycles. The zero-order valence-electron chi connectivity index (χ0n) is 12.1. The lowest BCUT2D eigenvalue weighted by atomic mass is 9.49. The summed E-state index contributed by atoms with van der Waals surface area (Å²) in [4.78, 5) is 12.6. The van der Waals surface area contributed by atoms with Gasteiger partial charge in [-0.2, -0.15) is 0 Å². The van der Waals surface area contributed by atoms with Gasteiger partial charge in [-0.1, -0.05) is 0 Å². The van der Waals surface area contributed by atoms with E-state index < -0.39 is 0 Å². The lowest BCUT2D eigenvalue weighted by molar-refractivity contribution is -0.146. The predicted molar refractivity (Wildman–Crippen MR) is 79.1 cm³/mol. The average molecular weight is 287 g/mol. The Hall–Kier alpha value is -0.280. The molecule has 4 rings (SSSR count). The Kier molecular flexibility index (Phi) is 3.92. The van der Waals surface area contributed by atoms with Crippen molar-refractivity contribution < 1.29 is 4.79 Å². The minimum atomic E-state index is -0.308. The largest absolute Gasteiger partial charge is 0.354 e. The van der Waals surface area contributed by atoms with Crippen LogP contribution < -0.4 is 11.1 Å². The number of halogens is 1. The average Bonchev–Trinajstić information content (AvgIpc) is 2.22. The first-order valence-corrected chi connectivity index (χ1v) is 7.43. The summed E-state index contributed by atoms with van der Waals surface area (Å²) in [7, 11) is 0. The Bertz CT molecular complexity index is 326. The monoisotopic (exact) mass is 286 g/mol. The van der Waals surface area contributed by atoms with Gasteiger partial charge in [0.1, 0.15) is 0 Å². The lowest BCUT2D eigenvalue weighted by Gasteiger charge is -2.55. The van der Waals surface area contributed by atoms with Crippen LogP contribution in [-0.4, -0.2) is 18.0 Å². The Labute approximate surface area is 122 Å². The first-order chi connectivity index (χ1) is 8.36. The second-order valence-corrected chi connectivity index (χ2v) is 7.87. The van der Waals surface area contributed by atoms with E-state index in [1.807, 2.05) is 13.8 Å². The fourth-order valence-corrected chi connectivity index (χ4v) is 4.88. The minimum Gasteiger partial charge on any atom is -0.354 e. The summed E-state index contributed by atoms with van der Waals surface area (Å²) in [6.07, 6.45) is 7.56. The molecule has 4 aliphatic carbocycles. The van der Waals surface area contributed by atoms with Gasteiger partial charge in [0.15, 0.2) is 0 Å². The molecule has 0 radical (unpaired) electrons. The second kappa shape index (κ2) is 4.92. The molecule has 0 aromatic rings. The van der Waals surface area contributed by atoms with Gasteiger partial charge in [0, 0.05) is 17.5 Å². The van der Waals surface area contributed by atoms with E-state index in [1.54, 1.807) is 0 Å². The highest BCUT2D eigenvalue weighted by molar-refractivity contribution is 5.85. The second-order valence-electron chi connectivity index (χ2n) is 7.87. The molecule has 4 aliphatic rings. The van der Waals surface area contributed by atoms with E-state index >= 15 is 0 Å². The topological polar surface area (TPSA) is 55.1 Å². The van der Waals surface area contributed by atoms with Gasteiger partial charge in [-0.25, -0.2) is 0 Å². The fraction of sp³-hybridized carbons (Fsp3) is 0.933. The Balaban J connectivity index is 0.00000133. The molecule has 19 heavy (non-hydrogen) atoms. The summed E-state index contributed by atoms with van der Waals surface area (Å²) in [6, 6.07) is 0. The van der Waals surface area contributed by atoms with Crippen molar-refractivity contribution in [3.63, 3.8) is 0 Å². The number of nitrogens with one attached hydrogen (secondary N) is 1. The van der Waals surface area contributed by atoms with Crippen molar-refractivity contribution >= 4 is 18.3 Å². The van der Waals surface area contributed by atoms with Gasteiger partial charge in [0.25, 0.3) is 0 Å². The number of carbonyl (C=O) groups excluding carboxylic acids is 1. The highest BCUT2D eigenvalue weighted by Gasteiger charge is 2.54. The van der Waals surface area contributed by atoms with Crippen LogP contribution in [0.25, 0.3) is 0 Å². The number of carbonyl (C=O) groups is 1. The van der Waals surface area contributed by atoms with Gasteiger partial charge in [-0.3, -0.25) is 4.79 Å². The third-order valence-corrected chi connectivity index (χ3v) is 5.22. The molecule has 4 heteroatoms. The van der Waals surface area contributed by atoms with E-state index in [9.17, 15) is 4.79 Å². The minimum absolute atomic E-state index is 0. The van der Waals surface area contributed by atoms with Crippen molar-refractivity contribution in [2.45, 2.75) is 57.9 Å². The van der Waals surface area contributed by atoms with Crippen LogP contribution in [0.3, 0.4) is 0 Å². The van der Waals surface area contributed by atoms with Gasteiger partial charge in [-0.05, 0) is 70.1 Å². The molecule has 4 fully saturated rings. The van der Waals surface area contributed by atoms with E-state index in [0.29, 0.717) is 12.5 Å². The number of hydrogen-bond acceptors (Lipinski definition) is 2. The Morgan fingerprint density at radius 2 is 1.58 bits per heavy atom. The van der Waals surface area contributed by atoms with Gasteiger partial charge in [0.2, 0.25) is 5.91 Å². The van der Waals surface area contributed by atoms with Crippen LogP contribution >= 0.6 is 12.4 Å². The number of hydrogen-bond donors (Lipinski definition) is 2. The highest BCUT2D eigenvalue weighted by Crippen LogP contribution is 2.60. The SMILES string of the molecule is CC(C)(N)CNC(=O)C12CC3CC(CC(C3)C1)C2.Cl. The first-order valence-electron chi connectivity index (χ1n) is 7.43. The standard InChI is InChI=1S/C15H26N2O.ClH/c1-14(2,16)9-17-13(18)15-6-10-3-11(7-15)5-12(4-10)8-15;/h10-12H,3-9,16H2,1-2H3,(H,17,18);1H. The molecule has 0 aromatic heterocycles. The highest BCUT2D eigenvalue weighted by atomic mass is 35.5. The van der Waals surface area contributed by atoms with E-state index in [4.69, 9.17) is 5.73 Å². The third-order valence-electron chi connectivity index (χ3n) is 5.22. The molecular weight excluding hydrogens is 260 g/mol. The molecule has 0 saturated heterocycles. The number of nitrogens with two attached hydrogens (primary N) is 1. The summed E-state index contributed by atoms with van der Waals surface area (Å²) in [5.41, 5.74) is 5.63. The maximum atomic E-state index is 12.6. The predicted octanol–water partition coefficient (Wildman–Crippen LogP) is 2.48. The van der Waals surface area contributed by atoms with Crippen molar-refractivity contribution in [3.05, 3.63) is 0 Å². The Morgan fingerprint density at radius 3 is 1.95 bits per heavy atom. The van der Waals surface area contributed by atoms with Crippen LogP contribution in [0.5, 0.6) is 0 Å². The summed E-state index contributed by atoms with van der Waals surface area (Å²) >= 11 is 0. The van der Waals surface area contributed by atoms with E-state index in [1.165, 1.54) is 19.3 Å². The maximum Gasteiger partial charge on any atom is 0.226 e. The summed E-state index contributed by atoms with van der Waals surface area (Å²) < 4.78 is 0. The van der Waals surface area contributed by atoms with Crippen molar-refractivity contribution in [1.29, 1.82) is 0 Å². The van der Waals surface area contributed by atoms with Gasteiger partial charge < -0.3 is 11.1 Å². The Morgan fingerprint density at radius 1 is 1.16 bits per heavy atom. The molecule has 0 heterocycles. The summed E-state index contributed by atoms with van der Waals surface area (Å²) in [5, 5.41) is 3.12. The van der Waals surface area contributed by atoms with Gasteiger partial charge in [0.05, 0.1) is 0 Å². The lowest BCUT2D eigenvalue weighted by Crippen LogP contribution is -2.56. The molecule has 1 amide bonds. The molecule has 4 bridgehead atoms. The van der Waals surface area contributed by atoms with Gasteiger partial charge in [-0.15, -0.1) is 12.4 Å². The first kappa shape index (κ1) is 15.1. The zero-order chi connectivity index (χ0) is 13.0. The molecule has 3 N–H and O–H groups in total. The number of amides is 1.